The topological polar surface area (TPSA) is 128 Å². The number of nitrogens with one attached hydrogen (secondary N) is 3. The molecule has 1 aromatic heterocycles. The first-order valence-electron chi connectivity index (χ1n) is 5.59. The van der Waals surface area contributed by atoms with E-state index in [1.165, 1.54) is 0 Å². The molecule has 2 rings (SSSR count). The van der Waals surface area contributed by atoms with Crippen LogP contribution in [0.15, 0.2) is 17.2 Å². The summed E-state index contributed by atoms with van der Waals surface area (Å²) in [5.74, 6) is -1.33. The molecule has 0 radical (unpaired) electrons. The van der Waals surface area contributed by atoms with Gasteiger partial charge < -0.3 is 15.4 Å². The van der Waals surface area contributed by atoms with Crippen LogP contribution in [0.2, 0.25) is 0 Å². The predicted molar refractivity (Wildman–Crippen MR) is 64.1 cm³/mol. The number of rotatable bonds is 5. The molecular weight excluding hydrogens is 274 g/mol. The van der Waals surface area contributed by atoms with E-state index in [0.29, 0.717) is 12.8 Å². The molecule has 1 fully saturated rings. The van der Waals surface area contributed by atoms with Gasteiger partial charge in [-0.15, -0.1) is 0 Å². The zero-order valence-corrected chi connectivity index (χ0v) is 10.7. The molecule has 104 valence electrons. The van der Waals surface area contributed by atoms with Crippen LogP contribution in [0.1, 0.15) is 23.3 Å². The van der Waals surface area contributed by atoms with Gasteiger partial charge in [-0.2, -0.15) is 0 Å². The first-order chi connectivity index (χ1) is 8.88. The van der Waals surface area contributed by atoms with Gasteiger partial charge in [-0.25, -0.2) is 17.9 Å². The zero-order chi connectivity index (χ0) is 14.0. The second-order valence-electron chi connectivity index (χ2n) is 4.21. The number of H-pyrrole nitrogens is 1. The van der Waals surface area contributed by atoms with Gasteiger partial charge in [-0.1, -0.05) is 0 Å². The Morgan fingerprint density at radius 2 is 2.26 bits per heavy atom. The summed E-state index contributed by atoms with van der Waals surface area (Å²) in [7, 11) is -3.77. The summed E-state index contributed by atoms with van der Waals surface area (Å²) in [5, 5.41) is 11.3. The van der Waals surface area contributed by atoms with Crippen LogP contribution in [0.25, 0.3) is 0 Å². The molecule has 0 bridgehead atoms. The van der Waals surface area contributed by atoms with Gasteiger partial charge in [-0.05, 0) is 12.5 Å². The Morgan fingerprint density at radius 1 is 1.53 bits per heavy atom. The summed E-state index contributed by atoms with van der Waals surface area (Å²) >= 11 is 0. The highest BCUT2D eigenvalue weighted by Crippen LogP contribution is 2.12. The molecule has 0 spiro atoms. The first-order valence-corrected chi connectivity index (χ1v) is 7.07. The van der Waals surface area contributed by atoms with E-state index < -0.39 is 16.0 Å². The molecule has 1 aromatic rings. The van der Waals surface area contributed by atoms with E-state index in [4.69, 9.17) is 5.11 Å². The second kappa shape index (κ2) is 5.02. The maximum absolute atomic E-state index is 11.9. The summed E-state index contributed by atoms with van der Waals surface area (Å²) in [6, 6.07) is 0.818. The average molecular weight is 287 g/mol. The molecule has 19 heavy (non-hydrogen) atoms. The number of aromatic nitrogens is 1. The monoisotopic (exact) mass is 287 g/mol. The van der Waals surface area contributed by atoms with E-state index in [0.717, 1.165) is 12.3 Å². The van der Waals surface area contributed by atoms with Gasteiger partial charge in [0.25, 0.3) is 0 Å². The molecule has 1 unspecified atom stereocenters. The largest absolute Gasteiger partial charge is 0.477 e. The van der Waals surface area contributed by atoms with Crippen molar-refractivity contribution in [3.63, 3.8) is 0 Å². The Morgan fingerprint density at radius 3 is 2.79 bits per heavy atom. The Labute approximate surface area is 109 Å². The van der Waals surface area contributed by atoms with E-state index in [-0.39, 0.29) is 29.1 Å². The van der Waals surface area contributed by atoms with Crippen LogP contribution < -0.4 is 10.0 Å². The minimum absolute atomic E-state index is 0.0850. The van der Waals surface area contributed by atoms with Crippen molar-refractivity contribution in [3.05, 3.63) is 18.0 Å². The van der Waals surface area contributed by atoms with Crippen molar-refractivity contribution in [2.75, 3.05) is 6.54 Å². The highest BCUT2D eigenvalue weighted by atomic mass is 32.2. The van der Waals surface area contributed by atoms with Crippen molar-refractivity contribution in [1.29, 1.82) is 0 Å². The maximum Gasteiger partial charge on any atom is 0.352 e. The summed E-state index contributed by atoms with van der Waals surface area (Å²) < 4.78 is 26.1. The smallest absolute Gasteiger partial charge is 0.352 e. The Kier molecular flexibility index (Phi) is 3.58. The molecule has 1 aliphatic heterocycles. The molecule has 1 aliphatic rings. The number of carbonyl (C=O) groups excluding carboxylic acids is 1. The molecule has 2 heterocycles. The van der Waals surface area contributed by atoms with E-state index in [9.17, 15) is 18.0 Å². The van der Waals surface area contributed by atoms with Crippen LogP contribution >= 0.6 is 0 Å². The normalized spacial score (nSPS) is 19.4. The number of hydrogen-bond donors (Lipinski definition) is 4. The lowest BCUT2D eigenvalue weighted by Crippen LogP contribution is -2.38. The highest BCUT2D eigenvalue weighted by Gasteiger charge is 2.24. The lowest BCUT2D eigenvalue weighted by molar-refractivity contribution is -0.119. The molecular formula is C10H13N3O5S. The van der Waals surface area contributed by atoms with E-state index in [1.807, 2.05) is 0 Å². The number of carbonyl (C=O) groups is 2. The summed E-state index contributed by atoms with van der Waals surface area (Å²) in [6.07, 6.45) is 2.08. The summed E-state index contributed by atoms with van der Waals surface area (Å²) in [6.45, 7) is 0.0850. The minimum atomic E-state index is -3.77. The molecule has 1 saturated heterocycles. The van der Waals surface area contributed by atoms with Crippen molar-refractivity contribution in [2.24, 2.45) is 0 Å². The fourth-order valence-electron chi connectivity index (χ4n) is 1.78. The average Bonchev–Trinajstić information content (AvgIpc) is 2.95. The van der Waals surface area contributed by atoms with Gasteiger partial charge >= 0.3 is 5.97 Å². The fraction of sp³-hybridized carbons (Fsp3) is 0.400. The lowest BCUT2D eigenvalue weighted by atomic mass is 10.2. The van der Waals surface area contributed by atoms with Crippen LogP contribution in [0, 0.1) is 0 Å². The van der Waals surface area contributed by atoms with Crippen molar-refractivity contribution in [1.82, 2.24) is 15.0 Å². The minimum Gasteiger partial charge on any atom is -0.477 e. The molecule has 0 aliphatic carbocycles. The van der Waals surface area contributed by atoms with Gasteiger partial charge in [-0.3, -0.25) is 4.79 Å². The molecule has 1 amide bonds. The predicted octanol–water partition coefficient (Wildman–Crippen LogP) is -0.730. The molecule has 0 saturated carbocycles. The number of carboxylic acid groups (broad SMARTS) is 1. The van der Waals surface area contributed by atoms with Crippen LogP contribution in [0.3, 0.4) is 0 Å². The number of amides is 1. The molecule has 1 atom stereocenters. The quantitative estimate of drug-likeness (QED) is 0.567. The van der Waals surface area contributed by atoms with Crippen molar-refractivity contribution in [2.45, 2.75) is 23.8 Å². The lowest BCUT2D eigenvalue weighted by Gasteiger charge is -2.10. The van der Waals surface area contributed by atoms with E-state index >= 15 is 0 Å². The van der Waals surface area contributed by atoms with Crippen LogP contribution in [-0.4, -0.2) is 43.0 Å². The van der Waals surface area contributed by atoms with E-state index in [1.54, 1.807) is 0 Å². The van der Waals surface area contributed by atoms with Crippen LogP contribution in [-0.2, 0) is 14.8 Å². The maximum atomic E-state index is 11.9. The standard InChI is InChI=1S/C10H13N3O5S/c14-9-2-1-6(13-9)4-12-19(17,18)7-3-8(10(15)16)11-5-7/h3,5-6,11-12H,1-2,4H2,(H,13,14)(H,15,16). The zero-order valence-electron chi connectivity index (χ0n) is 9.84. The molecule has 4 N–H and O–H groups in total. The first kappa shape index (κ1) is 13.6. The van der Waals surface area contributed by atoms with Crippen molar-refractivity contribution >= 4 is 21.9 Å². The third-order valence-electron chi connectivity index (χ3n) is 2.80. The Bertz CT molecular complexity index is 606. The van der Waals surface area contributed by atoms with Gasteiger partial charge in [0.15, 0.2) is 0 Å². The number of carboxylic acids is 1. The number of aromatic amines is 1. The molecule has 0 aromatic carbocycles. The SMILES string of the molecule is O=C1CCC(CNS(=O)(=O)c2c[nH]c(C(=O)O)c2)N1. The Hall–Kier alpha value is -1.87. The van der Waals surface area contributed by atoms with E-state index in [2.05, 4.69) is 15.0 Å². The van der Waals surface area contributed by atoms with Gasteiger partial charge in [0.1, 0.15) is 10.6 Å². The highest BCUT2D eigenvalue weighted by molar-refractivity contribution is 7.89. The Balaban J connectivity index is 2.01. The summed E-state index contributed by atoms with van der Waals surface area (Å²) in [4.78, 5) is 23.8. The van der Waals surface area contributed by atoms with Crippen LogP contribution in [0.4, 0.5) is 0 Å². The van der Waals surface area contributed by atoms with Crippen LogP contribution in [0.5, 0.6) is 0 Å². The van der Waals surface area contributed by atoms with Gasteiger partial charge in [0.2, 0.25) is 15.9 Å². The van der Waals surface area contributed by atoms with Crippen molar-refractivity contribution < 1.29 is 23.1 Å². The van der Waals surface area contributed by atoms with Crippen molar-refractivity contribution in [3.8, 4) is 0 Å². The van der Waals surface area contributed by atoms with Gasteiger partial charge in [0.05, 0.1) is 0 Å². The summed E-state index contributed by atoms with van der Waals surface area (Å²) in [5.41, 5.74) is -0.199. The third-order valence-corrected chi connectivity index (χ3v) is 4.20. The van der Waals surface area contributed by atoms with Gasteiger partial charge in [0, 0.05) is 25.2 Å². The molecule has 9 heteroatoms. The number of hydrogen-bond acceptors (Lipinski definition) is 4. The number of aromatic carboxylic acids is 1. The third kappa shape index (κ3) is 3.12. The fourth-order valence-corrected chi connectivity index (χ4v) is 2.85. The number of sulfonamides is 1. The molecule has 8 nitrogen and oxygen atoms in total. The second-order valence-corrected chi connectivity index (χ2v) is 5.98.